The fourth-order valence-electron chi connectivity index (χ4n) is 4.12. The molecular weight excluding hydrogens is 381 g/mol. The van der Waals surface area contributed by atoms with Crippen LogP contribution in [0.1, 0.15) is 24.0 Å². The zero-order chi connectivity index (χ0) is 20.9. The molecule has 6 heteroatoms. The molecule has 2 aromatic heterocycles. The topological polar surface area (TPSA) is 55.3 Å². The maximum absolute atomic E-state index is 14.5. The number of aromatic nitrogens is 2. The van der Waals surface area contributed by atoms with Gasteiger partial charge in [0.15, 0.2) is 0 Å². The van der Waals surface area contributed by atoms with Crippen LogP contribution in [0, 0.1) is 11.7 Å². The second-order valence-corrected chi connectivity index (χ2v) is 7.80. The van der Waals surface area contributed by atoms with Crippen LogP contribution < -0.4 is 4.74 Å². The lowest BCUT2D eigenvalue weighted by molar-refractivity contribution is -0.123. The van der Waals surface area contributed by atoms with E-state index in [1.807, 2.05) is 30.3 Å². The van der Waals surface area contributed by atoms with Gasteiger partial charge in [0.05, 0.1) is 24.3 Å². The average Bonchev–Trinajstić information content (AvgIpc) is 2.79. The summed E-state index contributed by atoms with van der Waals surface area (Å²) >= 11 is 0. The van der Waals surface area contributed by atoms with Gasteiger partial charge < -0.3 is 9.64 Å². The lowest BCUT2D eigenvalue weighted by Crippen LogP contribution is -2.38. The third-order valence-electron chi connectivity index (χ3n) is 5.89. The minimum atomic E-state index is -0.337. The lowest BCUT2D eigenvalue weighted by atomic mass is 9.89. The van der Waals surface area contributed by atoms with Crippen molar-refractivity contribution >= 4 is 16.8 Å². The first-order valence-corrected chi connectivity index (χ1v) is 10.4. The minimum absolute atomic E-state index is 0.117. The van der Waals surface area contributed by atoms with Crippen LogP contribution in [0.3, 0.4) is 0 Å². The maximum atomic E-state index is 14.5. The molecular formula is C24H26FN3O2. The van der Waals surface area contributed by atoms with E-state index in [1.165, 1.54) is 6.20 Å². The van der Waals surface area contributed by atoms with E-state index in [4.69, 9.17) is 4.74 Å². The lowest BCUT2D eigenvalue weighted by Gasteiger charge is -2.31. The summed E-state index contributed by atoms with van der Waals surface area (Å²) in [6, 6.07) is 13.4. The molecule has 0 radical (unpaired) electrons. The van der Waals surface area contributed by atoms with E-state index < -0.39 is 0 Å². The summed E-state index contributed by atoms with van der Waals surface area (Å²) in [4.78, 5) is 23.5. The number of hydrogen-bond acceptors (Lipinski definition) is 5. The molecule has 156 valence electrons. The highest BCUT2D eigenvalue weighted by Gasteiger charge is 2.25. The summed E-state index contributed by atoms with van der Waals surface area (Å²) in [7, 11) is 1.55. The van der Waals surface area contributed by atoms with Crippen LogP contribution in [0.5, 0.6) is 5.88 Å². The van der Waals surface area contributed by atoms with Gasteiger partial charge in [-0.3, -0.25) is 9.78 Å². The Bertz CT molecular complexity index is 1020. The van der Waals surface area contributed by atoms with Gasteiger partial charge >= 0.3 is 0 Å². The Kier molecular flexibility index (Phi) is 6.33. The van der Waals surface area contributed by atoms with Crippen molar-refractivity contribution in [3.8, 4) is 5.88 Å². The number of rotatable bonds is 7. The number of benzene rings is 1. The van der Waals surface area contributed by atoms with Gasteiger partial charge in [-0.25, -0.2) is 9.37 Å². The average molecular weight is 407 g/mol. The molecule has 5 nitrogen and oxygen atoms in total. The molecule has 3 heterocycles. The number of fused-ring (bicyclic) bond motifs is 1. The molecule has 1 fully saturated rings. The van der Waals surface area contributed by atoms with Gasteiger partial charge in [-0.1, -0.05) is 30.3 Å². The molecule has 1 aliphatic heterocycles. The molecule has 1 saturated heterocycles. The van der Waals surface area contributed by atoms with Crippen molar-refractivity contribution in [3.63, 3.8) is 0 Å². The van der Waals surface area contributed by atoms with Crippen molar-refractivity contribution in [2.75, 3.05) is 26.7 Å². The van der Waals surface area contributed by atoms with Gasteiger partial charge in [-0.15, -0.1) is 0 Å². The molecule has 1 aromatic carbocycles. The van der Waals surface area contributed by atoms with E-state index in [-0.39, 0.29) is 11.7 Å². The highest BCUT2D eigenvalue weighted by molar-refractivity contribution is 5.83. The number of hydrogen-bond donors (Lipinski definition) is 0. The molecule has 30 heavy (non-hydrogen) atoms. The highest BCUT2D eigenvalue weighted by atomic mass is 19.1. The summed E-state index contributed by atoms with van der Waals surface area (Å²) in [5, 5.41) is 0. The van der Waals surface area contributed by atoms with Crippen molar-refractivity contribution < 1.29 is 13.9 Å². The Morgan fingerprint density at radius 2 is 1.93 bits per heavy atom. The minimum Gasteiger partial charge on any atom is -0.481 e. The van der Waals surface area contributed by atoms with Crippen LogP contribution in [0.15, 0.2) is 48.7 Å². The zero-order valence-corrected chi connectivity index (χ0v) is 17.2. The Labute approximate surface area is 175 Å². The number of carbonyl (C=O) groups is 1. The fraction of sp³-hybridized carbons (Fsp3) is 0.375. The number of piperidine rings is 1. The van der Waals surface area contributed by atoms with Crippen molar-refractivity contribution in [1.82, 2.24) is 14.9 Å². The standard InChI is InChI=1S/C24H26FN3O2/c1-30-23-8-7-21-24(27-23)19(20(25)16-26-21)11-14-28-12-9-18(10-13-28)22(29)15-17-5-3-2-4-6-17/h2-8,16,18H,9-15H2,1H3. The molecule has 0 aliphatic carbocycles. The number of nitrogens with zero attached hydrogens (tertiary/aromatic N) is 3. The second-order valence-electron chi connectivity index (χ2n) is 7.80. The van der Waals surface area contributed by atoms with Crippen LogP contribution in [-0.2, 0) is 17.6 Å². The third kappa shape index (κ3) is 4.65. The summed E-state index contributed by atoms with van der Waals surface area (Å²) in [5.41, 5.74) is 2.87. The maximum Gasteiger partial charge on any atom is 0.213 e. The molecule has 0 N–H and O–H groups in total. The number of likely N-dealkylation sites (tertiary alicyclic amines) is 1. The second kappa shape index (κ2) is 9.30. The third-order valence-corrected chi connectivity index (χ3v) is 5.89. The number of halogens is 1. The first-order valence-electron chi connectivity index (χ1n) is 10.4. The van der Waals surface area contributed by atoms with Crippen LogP contribution in [0.25, 0.3) is 11.0 Å². The summed E-state index contributed by atoms with van der Waals surface area (Å²) in [5.74, 6) is 0.555. The number of methoxy groups -OCH3 is 1. The van der Waals surface area contributed by atoms with Crippen molar-refractivity contribution in [2.45, 2.75) is 25.7 Å². The Morgan fingerprint density at radius 1 is 1.17 bits per heavy atom. The van der Waals surface area contributed by atoms with E-state index in [9.17, 15) is 9.18 Å². The number of ketones is 1. The van der Waals surface area contributed by atoms with Gasteiger partial charge in [0, 0.05) is 30.5 Å². The van der Waals surface area contributed by atoms with E-state index >= 15 is 0 Å². The summed E-state index contributed by atoms with van der Waals surface area (Å²) < 4.78 is 19.7. The SMILES string of the molecule is COc1ccc2ncc(F)c(CCN3CCC(C(=O)Cc4ccccc4)CC3)c2n1. The molecule has 0 atom stereocenters. The van der Waals surface area contributed by atoms with Crippen molar-refractivity contribution in [2.24, 2.45) is 5.92 Å². The smallest absolute Gasteiger partial charge is 0.213 e. The van der Waals surface area contributed by atoms with E-state index in [0.717, 1.165) is 38.0 Å². The van der Waals surface area contributed by atoms with Crippen molar-refractivity contribution in [1.29, 1.82) is 0 Å². The number of pyridine rings is 2. The largest absolute Gasteiger partial charge is 0.481 e. The number of carbonyl (C=O) groups excluding carboxylic acids is 1. The monoisotopic (exact) mass is 407 g/mol. The molecule has 3 aromatic rings. The van der Waals surface area contributed by atoms with Crippen LogP contribution in [0.2, 0.25) is 0 Å². The highest BCUT2D eigenvalue weighted by Crippen LogP contribution is 2.24. The van der Waals surface area contributed by atoms with E-state index in [0.29, 0.717) is 41.1 Å². The predicted molar refractivity (Wildman–Crippen MR) is 114 cm³/mol. The van der Waals surface area contributed by atoms with Crippen LogP contribution >= 0.6 is 0 Å². The molecule has 0 amide bonds. The first kappa shape index (κ1) is 20.4. The van der Waals surface area contributed by atoms with E-state index in [2.05, 4.69) is 14.9 Å². The zero-order valence-electron chi connectivity index (χ0n) is 17.2. The number of Topliss-reactive ketones (excluding diaryl/α,β-unsaturated/α-hetero) is 1. The van der Waals surface area contributed by atoms with Crippen LogP contribution in [0.4, 0.5) is 4.39 Å². The van der Waals surface area contributed by atoms with E-state index in [1.54, 1.807) is 19.2 Å². The van der Waals surface area contributed by atoms with Gasteiger partial charge in [0.2, 0.25) is 5.88 Å². The quantitative estimate of drug-likeness (QED) is 0.596. The Balaban J connectivity index is 1.35. The van der Waals surface area contributed by atoms with Gasteiger partial charge in [0.25, 0.3) is 0 Å². The summed E-state index contributed by atoms with van der Waals surface area (Å²) in [6.45, 7) is 2.44. The normalized spacial score (nSPS) is 15.4. The first-order chi connectivity index (χ1) is 14.6. The molecule has 0 unspecified atom stereocenters. The van der Waals surface area contributed by atoms with Gasteiger partial charge in [0.1, 0.15) is 11.6 Å². The molecule has 0 spiro atoms. The molecule has 4 rings (SSSR count). The van der Waals surface area contributed by atoms with Gasteiger partial charge in [-0.05, 0) is 44.0 Å². The summed E-state index contributed by atoms with van der Waals surface area (Å²) in [6.07, 6.45) is 4.04. The molecule has 0 saturated carbocycles. The molecule has 1 aliphatic rings. The Hall–Kier alpha value is -2.86. The predicted octanol–water partition coefficient (Wildman–Crippen LogP) is 3.84. The molecule has 0 bridgehead atoms. The number of ether oxygens (including phenoxy) is 1. The van der Waals surface area contributed by atoms with Gasteiger partial charge in [-0.2, -0.15) is 0 Å². The fourth-order valence-corrected chi connectivity index (χ4v) is 4.12. The Morgan fingerprint density at radius 3 is 2.67 bits per heavy atom. The van der Waals surface area contributed by atoms with Crippen molar-refractivity contribution in [3.05, 3.63) is 65.6 Å². The van der Waals surface area contributed by atoms with Crippen LogP contribution in [-0.4, -0.2) is 47.4 Å².